The van der Waals surface area contributed by atoms with Gasteiger partial charge < -0.3 is 20.3 Å². The number of para-hydroxylation sites is 1. The highest BCUT2D eigenvalue weighted by Crippen LogP contribution is 2.16. The zero-order valence-electron chi connectivity index (χ0n) is 11.1. The van der Waals surface area contributed by atoms with Gasteiger partial charge in [-0.25, -0.2) is 0 Å². The number of amides is 1. The van der Waals surface area contributed by atoms with Crippen LogP contribution >= 0.6 is 0 Å². The molecule has 0 saturated heterocycles. The summed E-state index contributed by atoms with van der Waals surface area (Å²) in [6, 6.07) is 7.72. The number of hydrogen-bond donors (Lipinski definition) is 3. The number of hydrogen-bond acceptors (Lipinski definition) is 4. The molecule has 0 aliphatic carbocycles. The van der Waals surface area contributed by atoms with Gasteiger partial charge in [0.05, 0.1) is 19.3 Å². The van der Waals surface area contributed by atoms with Crippen LogP contribution in [-0.2, 0) is 4.79 Å². The molecule has 0 aromatic heterocycles. The molecule has 1 rings (SSSR count). The summed E-state index contributed by atoms with van der Waals surface area (Å²) in [5.74, 6) is 0.680. The fraction of sp³-hybridized carbons (Fsp3) is 0.500. The number of aryl methyl sites for hydroxylation is 1. The van der Waals surface area contributed by atoms with Crippen LogP contribution in [0.2, 0.25) is 0 Å². The first-order valence-corrected chi connectivity index (χ1v) is 6.37. The van der Waals surface area contributed by atoms with E-state index in [4.69, 9.17) is 14.9 Å². The quantitative estimate of drug-likeness (QED) is 0.603. The van der Waals surface area contributed by atoms with Crippen molar-refractivity contribution in [3.63, 3.8) is 0 Å². The fourth-order valence-electron chi connectivity index (χ4n) is 1.52. The third kappa shape index (κ3) is 6.22. The van der Waals surface area contributed by atoms with Crippen LogP contribution in [0.1, 0.15) is 18.4 Å². The largest absolute Gasteiger partial charge is 0.493 e. The molecule has 3 N–H and O–H groups in total. The Balaban J connectivity index is 2.14. The Morgan fingerprint density at radius 2 is 2.16 bits per heavy atom. The third-order valence-electron chi connectivity index (χ3n) is 2.64. The molecule has 1 atom stereocenters. The number of carbonyl (C=O) groups is 1. The van der Waals surface area contributed by atoms with Gasteiger partial charge >= 0.3 is 0 Å². The highest BCUT2D eigenvalue weighted by molar-refractivity contribution is 5.75. The Morgan fingerprint density at radius 1 is 1.42 bits per heavy atom. The van der Waals surface area contributed by atoms with Crippen LogP contribution in [0.3, 0.4) is 0 Å². The van der Waals surface area contributed by atoms with Gasteiger partial charge in [0.2, 0.25) is 5.91 Å². The molecule has 0 radical (unpaired) electrons. The molecule has 0 heterocycles. The summed E-state index contributed by atoms with van der Waals surface area (Å²) in [5.41, 5.74) is 1.07. The lowest BCUT2D eigenvalue weighted by molar-refractivity contribution is -0.121. The average Bonchev–Trinajstić information content (AvgIpc) is 2.42. The predicted octanol–water partition coefficient (Wildman–Crippen LogP) is 0.623. The van der Waals surface area contributed by atoms with Crippen molar-refractivity contribution in [2.45, 2.75) is 25.9 Å². The van der Waals surface area contributed by atoms with Crippen LogP contribution in [0.4, 0.5) is 0 Å². The monoisotopic (exact) mass is 267 g/mol. The smallest absolute Gasteiger partial charge is 0.220 e. The normalized spacial score (nSPS) is 11.9. The lowest BCUT2D eigenvalue weighted by Crippen LogP contribution is -2.33. The van der Waals surface area contributed by atoms with E-state index in [0.29, 0.717) is 19.4 Å². The van der Waals surface area contributed by atoms with Crippen LogP contribution in [0, 0.1) is 6.92 Å². The van der Waals surface area contributed by atoms with Gasteiger partial charge in [-0.2, -0.15) is 0 Å². The summed E-state index contributed by atoms with van der Waals surface area (Å²) in [7, 11) is 0. The molecule has 0 fully saturated rings. The van der Waals surface area contributed by atoms with Crippen LogP contribution in [0.5, 0.6) is 5.75 Å². The van der Waals surface area contributed by atoms with Gasteiger partial charge in [0.1, 0.15) is 5.75 Å². The molecular formula is C14H21NO4. The number of aliphatic hydroxyl groups excluding tert-OH is 2. The predicted molar refractivity (Wildman–Crippen MR) is 72.0 cm³/mol. The molecule has 5 heteroatoms. The highest BCUT2D eigenvalue weighted by Gasteiger charge is 2.05. The standard InChI is InChI=1S/C14H21NO4/c1-11-5-2-3-6-13(11)19-8-4-7-14(18)15-9-12(17)10-16/h2-3,5-6,12,16-17H,4,7-10H2,1H3,(H,15,18). The third-order valence-corrected chi connectivity index (χ3v) is 2.64. The molecule has 0 bridgehead atoms. The number of ether oxygens (including phenoxy) is 1. The Bertz CT molecular complexity index is 395. The summed E-state index contributed by atoms with van der Waals surface area (Å²) in [6.45, 7) is 2.17. The maximum absolute atomic E-state index is 11.4. The molecule has 0 aliphatic heterocycles. The van der Waals surface area contributed by atoms with Crippen molar-refractivity contribution in [3.8, 4) is 5.75 Å². The number of aliphatic hydroxyl groups is 2. The first-order chi connectivity index (χ1) is 9.13. The Morgan fingerprint density at radius 3 is 2.84 bits per heavy atom. The van der Waals surface area contributed by atoms with E-state index in [0.717, 1.165) is 11.3 Å². The molecule has 0 saturated carbocycles. The minimum absolute atomic E-state index is 0.0774. The van der Waals surface area contributed by atoms with Crippen molar-refractivity contribution in [2.75, 3.05) is 19.8 Å². The second kappa shape index (κ2) is 8.50. The fourth-order valence-corrected chi connectivity index (χ4v) is 1.52. The summed E-state index contributed by atoms with van der Waals surface area (Å²) in [5, 5.41) is 20.2. The van der Waals surface area contributed by atoms with E-state index in [1.807, 2.05) is 31.2 Å². The van der Waals surface area contributed by atoms with Gasteiger partial charge in [-0.3, -0.25) is 4.79 Å². The van der Waals surface area contributed by atoms with Gasteiger partial charge in [-0.05, 0) is 25.0 Å². The van der Waals surface area contributed by atoms with Gasteiger partial charge in [0.25, 0.3) is 0 Å². The first kappa shape index (κ1) is 15.5. The topological polar surface area (TPSA) is 78.8 Å². The van der Waals surface area contributed by atoms with Gasteiger partial charge in [0.15, 0.2) is 0 Å². The number of benzene rings is 1. The molecule has 1 aromatic carbocycles. The summed E-state index contributed by atoms with van der Waals surface area (Å²) >= 11 is 0. The molecular weight excluding hydrogens is 246 g/mol. The SMILES string of the molecule is Cc1ccccc1OCCCC(=O)NCC(O)CO. The lowest BCUT2D eigenvalue weighted by atomic mass is 10.2. The van der Waals surface area contributed by atoms with Gasteiger partial charge in [-0.1, -0.05) is 18.2 Å². The maximum Gasteiger partial charge on any atom is 0.220 e. The van der Waals surface area contributed by atoms with Gasteiger partial charge in [-0.15, -0.1) is 0 Å². The number of nitrogens with one attached hydrogen (secondary N) is 1. The molecule has 5 nitrogen and oxygen atoms in total. The van der Waals surface area contributed by atoms with Crippen molar-refractivity contribution in [1.82, 2.24) is 5.32 Å². The van der Waals surface area contributed by atoms with E-state index in [1.54, 1.807) is 0 Å². The van der Waals surface area contributed by atoms with Crippen molar-refractivity contribution >= 4 is 5.91 Å². The highest BCUT2D eigenvalue weighted by atomic mass is 16.5. The van der Waals surface area contributed by atoms with Gasteiger partial charge in [0, 0.05) is 13.0 Å². The summed E-state index contributed by atoms with van der Waals surface area (Å²) < 4.78 is 5.56. The number of rotatable bonds is 8. The number of carbonyl (C=O) groups excluding carboxylic acids is 1. The zero-order valence-corrected chi connectivity index (χ0v) is 11.1. The van der Waals surface area contributed by atoms with E-state index >= 15 is 0 Å². The van der Waals surface area contributed by atoms with Crippen molar-refractivity contribution < 1.29 is 19.7 Å². The van der Waals surface area contributed by atoms with E-state index in [-0.39, 0.29) is 19.1 Å². The molecule has 1 aromatic rings. The molecule has 1 amide bonds. The van der Waals surface area contributed by atoms with Crippen molar-refractivity contribution in [2.24, 2.45) is 0 Å². The molecule has 106 valence electrons. The minimum atomic E-state index is -0.896. The van der Waals surface area contributed by atoms with E-state index in [9.17, 15) is 4.79 Å². The van der Waals surface area contributed by atoms with Crippen LogP contribution in [0.25, 0.3) is 0 Å². The second-order valence-corrected chi connectivity index (χ2v) is 4.36. The summed E-state index contributed by atoms with van der Waals surface area (Å²) in [6.07, 6.45) is 0.0477. The lowest BCUT2D eigenvalue weighted by Gasteiger charge is -2.10. The molecule has 1 unspecified atom stereocenters. The minimum Gasteiger partial charge on any atom is -0.493 e. The van der Waals surface area contributed by atoms with Crippen molar-refractivity contribution in [3.05, 3.63) is 29.8 Å². The average molecular weight is 267 g/mol. The summed E-state index contributed by atoms with van der Waals surface area (Å²) in [4.78, 5) is 11.4. The van der Waals surface area contributed by atoms with E-state index in [1.165, 1.54) is 0 Å². The first-order valence-electron chi connectivity index (χ1n) is 6.37. The molecule has 19 heavy (non-hydrogen) atoms. The van der Waals surface area contributed by atoms with Crippen molar-refractivity contribution in [1.29, 1.82) is 0 Å². The zero-order chi connectivity index (χ0) is 14.1. The van der Waals surface area contributed by atoms with Crippen LogP contribution < -0.4 is 10.1 Å². The van der Waals surface area contributed by atoms with E-state index in [2.05, 4.69) is 5.32 Å². The van der Waals surface area contributed by atoms with Crippen LogP contribution in [-0.4, -0.2) is 42.0 Å². The molecule has 0 aliphatic rings. The molecule has 0 spiro atoms. The van der Waals surface area contributed by atoms with E-state index < -0.39 is 6.10 Å². The van der Waals surface area contributed by atoms with Crippen LogP contribution in [0.15, 0.2) is 24.3 Å². The Hall–Kier alpha value is -1.59. The maximum atomic E-state index is 11.4. The Kier molecular flexibility index (Phi) is 6.92. The Labute approximate surface area is 113 Å². The second-order valence-electron chi connectivity index (χ2n) is 4.36.